The van der Waals surface area contributed by atoms with Crippen LogP contribution in [0.25, 0.3) is 0 Å². The first-order valence-electron chi connectivity index (χ1n) is 11.9. The van der Waals surface area contributed by atoms with Crippen molar-refractivity contribution in [2.45, 2.75) is 54.1 Å². The van der Waals surface area contributed by atoms with Crippen LogP contribution in [0.1, 0.15) is 37.7 Å². The van der Waals surface area contributed by atoms with Crippen LogP contribution in [0.3, 0.4) is 0 Å². The molecule has 0 atom stereocenters. The number of hydrogen-bond acceptors (Lipinski definition) is 5. The van der Waals surface area contributed by atoms with E-state index in [9.17, 15) is 30.0 Å². The lowest BCUT2D eigenvalue weighted by Crippen LogP contribution is -2.48. The topological polar surface area (TPSA) is 78.0 Å². The Hall–Kier alpha value is -2.15. The zero-order valence-electron chi connectivity index (χ0n) is 20.0. The molecule has 0 N–H and O–H groups in total. The van der Waals surface area contributed by atoms with Gasteiger partial charge in [-0.2, -0.15) is 21.8 Å². The Morgan fingerprint density at radius 2 is 1.42 bits per heavy atom. The van der Waals surface area contributed by atoms with Crippen molar-refractivity contribution in [1.29, 1.82) is 0 Å². The van der Waals surface area contributed by atoms with Gasteiger partial charge in [-0.1, -0.05) is 25.3 Å². The summed E-state index contributed by atoms with van der Waals surface area (Å²) >= 11 is 0. The third kappa shape index (κ3) is 5.56. The van der Waals surface area contributed by atoms with E-state index in [0.29, 0.717) is 5.69 Å². The van der Waals surface area contributed by atoms with Crippen molar-refractivity contribution in [3.8, 4) is 0 Å². The van der Waals surface area contributed by atoms with Crippen molar-refractivity contribution in [3.63, 3.8) is 0 Å². The van der Waals surface area contributed by atoms with Crippen LogP contribution >= 0.6 is 0 Å². The first kappa shape index (κ1) is 26.9. The van der Waals surface area contributed by atoms with Crippen LogP contribution in [0.2, 0.25) is 0 Å². The SMILES string of the molecule is CN(C1CCCCC1)S(=O)(=O)c1ccc(S(=O)(=O)N2CCN(c3cccc(C(F)(F)F)c3)CC2)cc1. The Labute approximate surface area is 210 Å². The van der Waals surface area contributed by atoms with E-state index in [1.807, 2.05) is 0 Å². The van der Waals surface area contributed by atoms with Crippen molar-refractivity contribution in [3.05, 3.63) is 54.1 Å². The normalized spacial score (nSPS) is 19.1. The number of hydrogen-bond donors (Lipinski definition) is 0. The minimum atomic E-state index is -4.45. The maximum Gasteiger partial charge on any atom is 0.416 e. The molecule has 0 radical (unpaired) electrons. The molecule has 1 aliphatic heterocycles. The molecule has 4 rings (SSSR count). The molecule has 1 heterocycles. The summed E-state index contributed by atoms with van der Waals surface area (Å²) in [6.45, 7) is 0.671. The molecule has 0 unspecified atom stereocenters. The summed E-state index contributed by atoms with van der Waals surface area (Å²) in [5.41, 5.74) is -0.363. The standard InChI is InChI=1S/C24H30F3N3O4S2/c1-28(20-7-3-2-4-8-20)35(31,32)22-10-12-23(13-11-22)36(33,34)30-16-14-29(15-17-30)21-9-5-6-19(18-21)24(25,26)27/h5-6,9-13,18,20H,2-4,7-8,14-17H2,1H3. The van der Waals surface area contributed by atoms with Crippen LogP contribution in [0.4, 0.5) is 18.9 Å². The molecule has 2 aromatic rings. The maximum atomic E-state index is 13.2. The molecule has 7 nitrogen and oxygen atoms in total. The number of halogens is 3. The molecule has 198 valence electrons. The fourth-order valence-electron chi connectivity index (χ4n) is 4.81. The number of benzene rings is 2. The molecule has 2 aliphatic rings. The van der Waals surface area contributed by atoms with Gasteiger partial charge in [-0.3, -0.25) is 0 Å². The number of anilines is 1. The van der Waals surface area contributed by atoms with Crippen LogP contribution in [0.15, 0.2) is 58.3 Å². The molecule has 0 aromatic heterocycles. The van der Waals surface area contributed by atoms with Gasteiger partial charge in [0.25, 0.3) is 0 Å². The fourth-order valence-corrected chi connectivity index (χ4v) is 7.64. The van der Waals surface area contributed by atoms with Crippen LogP contribution in [0, 0.1) is 0 Å². The van der Waals surface area contributed by atoms with E-state index in [1.165, 1.54) is 38.9 Å². The van der Waals surface area contributed by atoms with Gasteiger partial charge in [0.1, 0.15) is 0 Å². The van der Waals surface area contributed by atoms with E-state index >= 15 is 0 Å². The number of alkyl halides is 3. The van der Waals surface area contributed by atoms with Gasteiger partial charge in [0, 0.05) is 45.0 Å². The number of piperazine rings is 1. The molecule has 2 fully saturated rings. The van der Waals surface area contributed by atoms with Gasteiger partial charge < -0.3 is 4.90 Å². The predicted molar refractivity (Wildman–Crippen MR) is 131 cm³/mol. The van der Waals surface area contributed by atoms with Crippen molar-refractivity contribution >= 4 is 25.7 Å². The van der Waals surface area contributed by atoms with Gasteiger partial charge in [0.2, 0.25) is 20.0 Å². The molecule has 2 aromatic carbocycles. The van der Waals surface area contributed by atoms with Gasteiger partial charge in [0.15, 0.2) is 0 Å². The van der Waals surface area contributed by atoms with E-state index in [4.69, 9.17) is 0 Å². The third-order valence-electron chi connectivity index (χ3n) is 7.00. The lowest BCUT2D eigenvalue weighted by molar-refractivity contribution is -0.137. The number of sulfonamides is 2. The predicted octanol–water partition coefficient (Wildman–Crippen LogP) is 4.17. The molecule has 1 aliphatic carbocycles. The minimum absolute atomic E-state index is 0.0192. The molecule has 1 saturated carbocycles. The van der Waals surface area contributed by atoms with E-state index in [1.54, 1.807) is 18.0 Å². The number of rotatable bonds is 6. The largest absolute Gasteiger partial charge is 0.416 e. The molecule has 1 saturated heterocycles. The maximum absolute atomic E-state index is 13.2. The summed E-state index contributed by atoms with van der Waals surface area (Å²) in [5, 5.41) is 0. The van der Waals surface area contributed by atoms with E-state index < -0.39 is 31.8 Å². The van der Waals surface area contributed by atoms with Gasteiger partial charge in [0.05, 0.1) is 15.4 Å². The number of nitrogens with zero attached hydrogens (tertiary/aromatic N) is 3. The van der Waals surface area contributed by atoms with Crippen LogP contribution in [0.5, 0.6) is 0 Å². The molecule has 12 heteroatoms. The van der Waals surface area contributed by atoms with Crippen molar-refractivity contribution in [2.75, 3.05) is 38.1 Å². The monoisotopic (exact) mass is 545 g/mol. The average molecular weight is 546 g/mol. The van der Waals surface area contributed by atoms with Gasteiger partial charge in [-0.25, -0.2) is 16.8 Å². The molecule has 0 amide bonds. The van der Waals surface area contributed by atoms with Gasteiger partial charge in [-0.05, 0) is 55.3 Å². The lowest BCUT2D eigenvalue weighted by Gasteiger charge is -2.35. The molecule has 0 bridgehead atoms. The Morgan fingerprint density at radius 1 is 0.833 bits per heavy atom. The molecular formula is C24H30F3N3O4S2. The van der Waals surface area contributed by atoms with E-state index in [2.05, 4.69) is 0 Å². The van der Waals surface area contributed by atoms with Gasteiger partial charge in [-0.15, -0.1) is 0 Å². The highest BCUT2D eigenvalue weighted by atomic mass is 32.2. The molecule has 36 heavy (non-hydrogen) atoms. The van der Waals surface area contributed by atoms with Crippen LogP contribution < -0.4 is 4.90 Å². The second kappa shape index (κ2) is 10.3. The highest BCUT2D eigenvalue weighted by Crippen LogP contribution is 2.32. The third-order valence-corrected chi connectivity index (χ3v) is 10.8. The Kier molecular flexibility index (Phi) is 7.70. The lowest BCUT2D eigenvalue weighted by atomic mass is 9.96. The zero-order chi connectivity index (χ0) is 26.1. The first-order valence-corrected chi connectivity index (χ1v) is 14.8. The molecular weight excluding hydrogens is 515 g/mol. The Balaban J connectivity index is 1.44. The Morgan fingerprint density at radius 3 is 2.00 bits per heavy atom. The summed E-state index contributed by atoms with van der Waals surface area (Å²) in [5.74, 6) is 0. The van der Waals surface area contributed by atoms with E-state index in [-0.39, 0.29) is 42.0 Å². The molecule has 0 spiro atoms. The van der Waals surface area contributed by atoms with Crippen LogP contribution in [-0.4, -0.2) is 64.7 Å². The average Bonchev–Trinajstić information content (AvgIpc) is 2.88. The fraction of sp³-hybridized carbons (Fsp3) is 0.500. The van der Waals surface area contributed by atoms with Crippen molar-refractivity contribution in [2.24, 2.45) is 0 Å². The minimum Gasteiger partial charge on any atom is -0.369 e. The van der Waals surface area contributed by atoms with Crippen molar-refractivity contribution < 1.29 is 30.0 Å². The van der Waals surface area contributed by atoms with E-state index in [0.717, 1.165) is 44.2 Å². The first-order chi connectivity index (χ1) is 16.9. The summed E-state index contributed by atoms with van der Waals surface area (Å²) in [4.78, 5) is 1.75. The van der Waals surface area contributed by atoms with Gasteiger partial charge >= 0.3 is 6.18 Å². The quantitative estimate of drug-likeness (QED) is 0.545. The van der Waals surface area contributed by atoms with Crippen LogP contribution in [-0.2, 0) is 26.2 Å². The second-order valence-electron chi connectivity index (χ2n) is 9.22. The zero-order valence-corrected chi connectivity index (χ0v) is 21.6. The Bertz CT molecular complexity index is 1270. The highest BCUT2D eigenvalue weighted by molar-refractivity contribution is 7.89. The highest BCUT2D eigenvalue weighted by Gasteiger charge is 2.33. The van der Waals surface area contributed by atoms with Crippen molar-refractivity contribution in [1.82, 2.24) is 8.61 Å². The summed E-state index contributed by atoms with van der Waals surface area (Å²) in [7, 11) is -6.05. The smallest absolute Gasteiger partial charge is 0.369 e. The summed E-state index contributed by atoms with van der Waals surface area (Å²) in [6.07, 6.45) is 0.256. The summed E-state index contributed by atoms with van der Waals surface area (Å²) in [6, 6.07) is 10.2. The second-order valence-corrected chi connectivity index (χ2v) is 13.2. The summed E-state index contributed by atoms with van der Waals surface area (Å²) < 4.78 is 94.2.